The molecule has 0 heterocycles. The Labute approximate surface area is 183 Å². The molecule has 10 nitrogen and oxygen atoms in total. The molecule has 0 spiro atoms. The third kappa shape index (κ3) is 5.98. The number of carbonyl (C=O) groups excluding carboxylic acids is 2. The predicted molar refractivity (Wildman–Crippen MR) is 113 cm³/mol. The molecule has 0 bridgehead atoms. The second-order valence-corrected chi connectivity index (χ2v) is 6.36. The quantitative estimate of drug-likeness (QED) is 0.440. The largest absolute Gasteiger partial charge is 0.490 e. The lowest BCUT2D eigenvalue weighted by molar-refractivity contribution is -0.385. The van der Waals surface area contributed by atoms with Crippen LogP contribution in [0.25, 0.3) is 0 Å². The zero-order chi connectivity index (χ0) is 23.0. The van der Waals surface area contributed by atoms with Gasteiger partial charge in [0, 0.05) is 16.7 Å². The molecule has 166 valence electrons. The first-order valence-electron chi connectivity index (χ1n) is 9.43. The van der Waals surface area contributed by atoms with Crippen LogP contribution >= 0.6 is 11.6 Å². The second-order valence-electron chi connectivity index (χ2n) is 5.93. The van der Waals surface area contributed by atoms with Gasteiger partial charge in [-0.25, -0.2) is 0 Å². The van der Waals surface area contributed by atoms with Crippen molar-refractivity contribution in [2.24, 2.45) is 0 Å². The Balaban J connectivity index is 2.25. The zero-order valence-corrected chi connectivity index (χ0v) is 17.9. The molecule has 2 amide bonds. The van der Waals surface area contributed by atoms with Crippen LogP contribution in [0.4, 0.5) is 5.69 Å². The van der Waals surface area contributed by atoms with Crippen molar-refractivity contribution in [1.82, 2.24) is 10.9 Å². The molecule has 31 heavy (non-hydrogen) atoms. The minimum atomic E-state index is -0.877. The molecule has 0 aliphatic rings. The number of rotatable bonds is 9. The summed E-state index contributed by atoms with van der Waals surface area (Å²) < 4.78 is 16.7. The third-order valence-corrected chi connectivity index (χ3v) is 4.10. The molecule has 0 aromatic heterocycles. The summed E-state index contributed by atoms with van der Waals surface area (Å²) in [6.07, 6.45) is 0. The van der Waals surface area contributed by atoms with Gasteiger partial charge in [0.1, 0.15) is 5.56 Å². The van der Waals surface area contributed by atoms with Crippen molar-refractivity contribution in [2.45, 2.75) is 20.8 Å². The van der Waals surface area contributed by atoms with Gasteiger partial charge in [-0.1, -0.05) is 11.6 Å². The molecule has 0 unspecified atom stereocenters. The van der Waals surface area contributed by atoms with E-state index in [2.05, 4.69) is 10.9 Å². The van der Waals surface area contributed by atoms with Crippen LogP contribution in [0.5, 0.6) is 17.2 Å². The summed E-state index contributed by atoms with van der Waals surface area (Å²) in [5.41, 5.74) is 3.76. The van der Waals surface area contributed by atoms with Gasteiger partial charge in [-0.05, 0) is 45.0 Å². The van der Waals surface area contributed by atoms with Gasteiger partial charge in [-0.15, -0.1) is 0 Å². The van der Waals surface area contributed by atoms with Crippen LogP contribution in [-0.2, 0) is 0 Å². The van der Waals surface area contributed by atoms with E-state index in [1.807, 2.05) is 0 Å². The minimum Gasteiger partial charge on any atom is -0.490 e. The highest BCUT2D eigenvalue weighted by molar-refractivity contribution is 6.31. The van der Waals surface area contributed by atoms with E-state index >= 15 is 0 Å². The highest BCUT2D eigenvalue weighted by Gasteiger charge is 2.22. The summed E-state index contributed by atoms with van der Waals surface area (Å²) in [6.45, 7) is 6.38. The maximum atomic E-state index is 12.6. The van der Waals surface area contributed by atoms with Crippen molar-refractivity contribution in [3.05, 3.63) is 56.6 Å². The molecule has 11 heteroatoms. The maximum Gasteiger partial charge on any atom is 0.283 e. The fourth-order valence-corrected chi connectivity index (χ4v) is 2.79. The fraction of sp³-hybridized carbons (Fsp3) is 0.300. The number of hydrogen-bond donors (Lipinski definition) is 2. The van der Waals surface area contributed by atoms with Gasteiger partial charge in [0.2, 0.25) is 5.75 Å². The maximum absolute atomic E-state index is 12.6. The van der Waals surface area contributed by atoms with Crippen LogP contribution in [0.2, 0.25) is 5.02 Å². The van der Waals surface area contributed by atoms with Gasteiger partial charge in [0.25, 0.3) is 17.5 Å². The first kappa shape index (κ1) is 23.7. The van der Waals surface area contributed by atoms with E-state index in [0.717, 1.165) is 6.07 Å². The molecule has 2 rings (SSSR count). The molecule has 0 aliphatic heterocycles. The average Bonchev–Trinajstić information content (AvgIpc) is 2.74. The first-order chi connectivity index (χ1) is 14.8. The van der Waals surface area contributed by atoms with E-state index in [1.54, 1.807) is 20.8 Å². The number of nitro benzene ring substituents is 1. The number of nitrogens with zero attached hydrogens (tertiary/aromatic N) is 1. The summed E-state index contributed by atoms with van der Waals surface area (Å²) in [5.74, 6) is -0.587. The number of nitro groups is 1. The molecule has 0 saturated carbocycles. The molecule has 0 saturated heterocycles. The Morgan fingerprint density at radius 2 is 1.48 bits per heavy atom. The number of halogens is 1. The number of hydrogen-bond acceptors (Lipinski definition) is 7. The average molecular weight is 452 g/mol. The summed E-state index contributed by atoms with van der Waals surface area (Å²) >= 11 is 5.75. The highest BCUT2D eigenvalue weighted by atomic mass is 35.5. The molecule has 0 radical (unpaired) electrons. The summed E-state index contributed by atoms with van der Waals surface area (Å²) in [4.78, 5) is 35.4. The van der Waals surface area contributed by atoms with Gasteiger partial charge in [0.05, 0.1) is 24.7 Å². The van der Waals surface area contributed by atoms with E-state index in [4.69, 9.17) is 25.8 Å². The summed E-state index contributed by atoms with van der Waals surface area (Å²) in [5, 5.41) is 11.3. The van der Waals surface area contributed by atoms with E-state index in [-0.39, 0.29) is 16.1 Å². The van der Waals surface area contributed by atoms with E-state index in [9.17, 15) is 19.7 Å². The predicted octanol–water partition coefficient (Wildman–Crippen LogP) is 3.52. The second kappa shape index (κ2) is 11.0. The number of carbonyl (C=O) groups is 2. The Kier molecular flexibility index (Phi) is 8.44. The van der Waals surface area contributed by atoms with Crippen LogP contribution < -0.4 is 25.1 Å². The number of amides is 2. The molecule has 0 fully saturated rings. The smallest absolute Gasteiger partial charge is 0.283 e. The van der Waals surface area contributed by atoms with E-state index in [0.29, 0.717) is 37.1 Å². The molecule has 2 N–H and O–H groups in total. The van der Waals surface area contributed by atoms with Gasteiger partial charge in [-0.2, -0.15) is 0 Å². The zero-order valence-electron chi connectivity index (χ0n) is 17.2. The molecule has 0 aliphatic carbocycles. The molecule has 0 atom stereocenters. The van der Waals surface area contributed by atoms with Gasteiger partial charge in [-0.3, -0.25) is 30.6 Å². The van der Waals surface area contributed by atoms with Gasteiger partial charge < -0.3 is 14.2 Å². The highest BCUT2D eigenvalue weighted by Crippen LogP contribution is 2.39. The van der Waals surface area contributed by atoms with Crippen molar-refractivity contribution in [3.8, 4) is 17.2 Å². The summed E-state index contributed by atoms with van der Waals surface area (Å²) in [7, 11) is 0. The lowest BCUT2D eigenvalue weighted by Gasteiger charge is -2.17. The molecule has 2 aromatic rings. The third-order valence-electron chi connectivity index (χ3n) is 3.86. The number of nitrogens with one attached hydrogen (secondary N) is 2. The Bertz CT molecular complexity index is 954. The standard InChI is InChI=1S/C20H22ClN3O7/c1-4-29-16-9-12(10-17(30-5-2)18(16)31-6-3)19(25)22-23-20(26)14-8-7-13(21)11-15(14)24(27)28/h7-11H,4-6H2,1-3H3,(H,22,25)(H,23,26). The van der Waals surface area contributed by atoms with Crippen LogP contribution in [-0.4, -0.2) is 36.6 Å². The summed E-state index contributed by atoms with van der Waals surface area (Å²) in [6, 6.07) is 6.47. The number of hydrazine groups is 1. The van der Waals surface area contributed by atoms with E-state index in [1.165, 1.54) is 24.3 Å². The Morgan fingerprint density at radius 3 is 2.00 bits per heavy atom. The van der Waals surface area contributed by atoms with Crippen molar-refractivity contribution >= 4 is 29.1 Å². The van der Waals surface area contributed by atoms with Crippen LogP contribution in [0.15, 0.2) is 30.3 Å². The normalized spacial score (nSPS) is 10.2. The lowest BCUT2D eigenvalue weighted by atomic mass is 10.1. The SMILES string of the molecule is CCOc1cc(C(=O)NNC(=O)c2ccc(Cl)cc2[N+](=O)[O-])cc(OCC)c1OCC. The molecule has 2 aromatic carbocycles. The molecular formula is C20H22ClN3O7. The lowest BCUT2D eigenvalue weighted by Crippen LogP contribution is -2.41. The number of benzene rings is 2. The topological polar surface area (TPSA) is 129 Å². The van der Waals surface area contributed by atoms with Crippen molar-refractivity contribution < 1.29 is 28.7 Å². The van der Waals surface area contributed by atoms with Gasteiger partial charge in [0.15, 0.2) is 11.5 Å². The minimum absolute atomic E-state index is 0.105. The van der Waals surface area contributed by atoms with Crippen molar-refractivity contribution in [1.29, 1.82) is 0 Å². The fourth-order valence-electron chi connectivity index (χ4n) is 2.62. The number of ether oxygens (including phenoxy) is 3. The van der Waals surface area contributed by atoms with Crippen molar-refractivity contribution in [2.75, 3.05) is 19.8 Å². The van der Waals surface area contributed by atoms with Crippen molar-refractivity contribution in [3.63, 3.8) is 0 Å². The first-order valence-corrected chi connectivity index (χ1v) is 9.81. The molecular weight excluding hydrogens is 430 g/mol. The van der Waals surface area contributed by atoms with Crippen LogP contribution in [0.3, 0.4) is 0 Å². The Hall–Kier alpha value is -3.53. The Morgan fingerprint density at radius 1 is 0.935 bits per heavy atom. The van der Waals surface area contributed by atoms with Gasteiger partial charge >= 0.3 is 0 Å². The van der Waals surface area contributed by atoms with Crippen LogP contribution in [0.1, 0.15) is 41.5 Å². The van der Waals surface area contributed by atoms with E-state index < -0.39 is 22.4 Å². The van der Waals surface area contributed by atoms with Crippen LogP contribution in [0, 0.1) is 10.1 Å². The monoisotopic (exact) mass is 451 g/mol.